The lowest BCUT2D eigenvalue weighted by atomic mass is 9.86. The summed E-state index contributed by atoms with van der Waals surface area (Å²) in [6, 6.07) is 12.8. The molecule has 0 aliphatic heterocycles. The van der Waals surface area contributed by atoms with E-state index in [9.17, 15) is 9.90 Å². The summed E-state index contributed by atoms with van der Waals surface area (Å²) in [6.45, 7) is 6.99. The van der Waals surface area contributed by atoms with Crippen molar-refractivity contribution in [3.63, 3.8) is 0 Å². The second-order valence-corrected chi connectivity index (χ2v) is 7.30. The highest BCUT2D eigenvalue weighted by molar-refractivity contribution is 9.10. The summed E-state index contributed by atoms with van der Waals surface area (Å²) < 4.78 is 12.1. The van der Waals surface area contributed by atoms with Crippen LogP contribution in [-0.2, 0) is 5.41 Å². The minimum atomic E-state index is -1.02. The summed E-state index contributed by atoms with van der Waals surface area (Å²) >= 11 is 3.26. The molecule has 0 fully saturated rings. The zero-order chi connectivity index (χ0) is 17.7. The van der Waals surface area contributed by atoms with Crippen molar-refractivity contribution in [1.29, 1.82) is 0 Å². The Labute approximate surface area is 150 Å². The van der Waals surface area contributed by atoms with Crippen LogP contribution in [0.2, 0.25) is 0 Å². The third kappa shape index (κ3) is 4.74. The number of halogens is 1. The molecule has 0 bridgehead atoms. The molecule has 0 spiro atoms. The van der Waals surface area contributed by atoms with Crippen LogP contribution in [0.3, 0.4) is 0 Å². The van der Waals surface area contributed by atoms with Gasteiger partial charge in [0, 0.05) is 4.47 Å². The molecule has 0 radical (unpaired) electrons. The van der Waals surface area contributed by atoms with Crippen LogP contribution < -0.4 is 9.47 Å². The Morgan fingerprint density at radius 3 is 2.29 bits per heavy atom. The largest absolute Gasteiger partial charge is 0.490 e. The van der Waals surface area contributed by atoms with Gasteiger partial charge in [-0.05, 0) is 35.2 Å². The Kier molecular flexibility index (Phi) is 5.89. The Morgan fingerprint density at radius 2 is 1.67 bits per heavy atom. The molecular formula is C19H21BrO4. The number of benzene rings is 2. The lowest BCUT2D eigenvalue weighted by molar-refractivity contribution is 0.0691. The molecule has 0 aliphatic rings. The number of hydrogen-bond acceptors (Lipinski definition) is 3. The zero-order valence-corrected chi connectivity index (χ0v) is 15.6. The highest BCUT2D eigenvalue weighted by Gasteiger charge is 2.18. The van der Waals surface area contributed by atoms with E-state index in [2.05, 4.69) is 36.7 Å². The predicted octanol–water partition coefficient (Wildman–Crippen LogP) is 4.90. The van der Waals surface area contributed by atoms with Gasteiger partial charge in [0.05, 0.1) is 0 Å². The SMILES string of the molecule is CC(C)(C)c1ccccc1OCCOc1ccc(Br)cc1C(=O)O. The molecular weight excluding hydrogens is 372 g/mol. The quantitative estimate of drug-likeness (QED) is 0.710. The summed E-state index contributed by atoms with van der Waals surface area (Å²) in [5.41, 5.74) is 1.24. The van der Waals surface area contributed by atoms with Crippen LogP contribution in [0.5, 0.6) is 11.5 Å². The van der Waals surface area contributed by atoms with E-state index in [4.69, 9.17) is 9.47 Å². The smallest absolute Gasteiger partial charge is 0.339 e. The van der Waals surface area contributed by atoms with E-state index in [0.29, 0.717) is 16.8 Å². The maximum Gasteiger partial charge on any atom is 0.339 e. The van der Waals surface area contributed by atoms with E-state index in [1.165, 1.54) is 6.07 Å². The van der Waals surface area contributed by atoms with E-state index < -0.39 is 5.97 Å². The fraction of sp³-hybridized carbons (Fsp3) is 0.316. The fourth-order valence-electron chi connectivity index (χ4n) is 2.31. The summed E-state index contributed by atoms with van der Waals surface area (Å²) in [5.74, 6) is 0.131. The van der Waals surface area contributed by atoms with Crippen molar-refractivity contribution in [2.75, 3.05) is 13.2 Å². The predicted molar refractivity (Wildman–Crippen MR) is 97.2 cm³/mol. The van der Waals surface area contributed by atoms with E-state index in [1.54, 1.807) is 12.1 Å². The molecule has 1 N–H and O–H groups in total. The van der Waals surface area contributed by atoms with Crippen molar-refractivity contribution in [3.8, 4) is 11.5 Å². The monoisotopic (exact) mass is 392 g/mol. The van der Waals surface area contributed by atoms with Gasteiger partial charge in [-0.15, -0.1) is 0 Å². The van der Waals surface area contributed by atoms with Crippen molar-refractivity contribution in [2.24, 2.45) is 0 Å². The van der Waals surface area contributed by atoms with Gasteiger partial charge in [-0.2, -0.15) is 0 Å². The van der Waals surface area contributed by atoms with Gasteiger partial charge in [0.15, 0.2) is 0 Å². The van der Waals surface area contributed by atoms with Gasteiger partial charge in [-0.3, -0.25) is 0 Å². The number of carbonyl (C=O) groups is 1. The van der Waals surface area contributed by atoms with Gasteiger partial charge < -0.3 is 14.6 Å². The maximum absolute atomic E-state index is 11.3. The van der Waals surface area contributed by atoms with Gasteiger partial charge in [0.2, 0.25) is 0 Å². The Hall–Kier alpha value is -2.01. The third-order valence-corrected chi connectivity index (χ3v) is 3.96. The van der Waals surface area contributed by atoms with E-state index in [0.717, 1.165) is 11.3 Å². The standard InChI is InChI=1S/C19H21BrO4/c1-19(2,3)15-6-4-5-7-17(15)24-11-10-23-16-9-8-13(20)12-14(16)18(21)22/h4-9,12H,10-11H2,1-3H3,(H,21,22). The molecule has 2 aromatic carbocycles. The van der Waals surface area contributed by atoms with Crippen molar-refractivity contribution >= 4 is 21.9 Å². The molecule has 0 aromatic heterocycles. The molecule has 2 aromatic rings. The van der Waals surface area contributed by atoms with Crippen LogP contribution in [-0.4, -0.2) is 24.3 Å². The van der Waals surface area contributed by atoms with E-state index in [-0.39, 0.29) is 17.6 Å². The highest BCUT2D eigenvalue weighted by atomic mass is 79.9. The van der Waals surface area contributed by atoms with Crippen LogP contribution in [0.15, 0.2) is 46.9 Å². The number of para-hydroxylation sites is 1. The zero-order valence-electron chi connectivity index (χ0n) is 14.0. The van der Waals surface area contributed by atoms with Crippen LogP contribution in [0.4, 0.5) is 0 Å². The van der Waals surface area contributed by atoms with Crippen molar-refractivity contribution in [1.82, 2.24) is 0 Å². The molecule has 0 atom stereocenters. The van der Waals surface area contributed by atoms with Gasteiger partial charge in [0.1, 0.15) is 30.3 Å². The molecule has 0 amide bonds. The maximum atomic E-state index is 11.3. The van der Waals surface area contributed by atoms with Crippen LogP contribution in [0.25, 0.3) is 0 Å². The summed E-state index contributed by atoms with van der Waals surface area (Å²) in [7, 11) is 0. The Bertz CT molecular complexity index is 720. The minimum absolute atomic E-state index is 0.0143. The third-order valence-electron chi connectivity index (χ3n) is 3.47. The van der Waals surface area contributed by atoms with E-state index in [1.807, 2.05) is 24.3 Å². The average molecular weight is 393 g/mol. The number of rotatable bonds is 6. The normalized spacial score (nSPS) is 11.2. The first-order valence-corrected chi connectivity index (χ1v) is 8.46. The average Bonchev–Trinajstić information content (AvgIpc) is 2.52. The summed E-state index contributed by atoms with van der Waals surface area (Å²) in [6.07, 6.45) is 0. The van der Waals surface area contributed by atoms with Crippen LogP contribution >= 0.6 is 15.9 Å². The Balaban J connectivity index is 1.99. The first kappa shape index (κ1) is 18.3. The first-order chi connectivity index (χ1) is 11.3. The first-order valence-electron chi connectivity index (χ1n) is 7.67. The second-order valence-electron chi connectivity index (χ2n) is 6.39. The van der Waals surface area contributed by atoms with Gasteiger partial charge in [0.25, 0.3) is 0 Å². The van der Waals surface area contributed by atoms with Crippen molar-refractivity contribution in [2.45, 2.75) is 26.2 Å². The number of carboxylic acid groups (broad SMARTS) is 1. The van der Waals surface area contributed by atoms with Crippen LogP contribution in [0, 0.1) is 0 Å². The molecule has 0 unspecified atom stereocenters. The molecule has 24 heavy (non-hydrogen) atoms. The van der Waals surface area contributed by atoms with Gasteiger partial charge in [-0.1, -0.05) is 54.9 Å². The summed E-state index contributed by atoms with van der Waals surface area (Å²) in [4.78, 5) is 11.3. The minimum Gasteiger partial charge on any atom is -0.490 e. The number of hydrogen-bond donors (Lipinski definition) is 1. The van der Waals surface area contributed by atoms with Gasteiger partial charge >= 0.3 is 5.97 Å². The Morgan fingerprint density at radius 1 is 1.04 bits per heavy atom. The molecule has 4 nitrogen and oxygen atoms in total. The highest BCUT2D eigenvalue weighted by Crippen LogP contribution is 2.31. The van der Waals surface area contributed by atoms with Gasteiger partial charge in [-0.25, -0.2) is 4.79 Å². The molecule has 2 rings (SSSR count). The van der Waals surface area contributed by atoms with Crippen molar-refractivity contribution in [3.05, 3.63) is 58.1 Å². The number of carboxylic acids is 1. The molecule has 128 valence electrons. The summed E-state index contributed by atoms with van der Waals surface area (Å²) in [5, 5.41) is 9.22. The molecule has 0 saturated heterocycles. The lowest BCUT2D eigenvalue weighted by Gasteiger charge is -2.22. The molecule has 0 heterocycles. The number of ether oxygens (including phenoxy) is 2. The fourth-order valence-corrected chi connectivity index (χ4v) is 2.67. The van der Waals surface area contributed by atoms with E-state index >= 15 is 0 Å². The van der Waals surface area contributed by atoms with Crippen molar-refractivity contribution < 1.29 is 19.4 Å². The molecule has 0 aliphatic carbocycles. The molecule has 5 heteroatoms. The second kappa shape index (κ2) is 7.71. The number of aromatic carboxylic acids is 1. The van der Waals surface area contributed by atoms with Crippen LogP contribution in [0.1, 0.15) is 36.7 Å². The topological polar surface area (TPSA) is 55.8 Å². The lowest BCUT2D eigenvalue weighted by Crippen LogP contribution is -2.16. The molecule has 0 saturated carbocycles.